The SMILES string of the molecule is C/C(=C\C(=O)OC(C)C)C(F)(F)C(F)(F)C(F)(F)F. The summed E-state index contributed by atoms with van der Waals surface area (Å²) in [5, 5.41) is 0. The number of hydrogen-bond acceptors (Lipinski definition) is 2. The van der Waals surface area contributed by atoms with Crippen molar-refractivity contribution in [1.29, 1.82) is 0 Å². The highest BCUT2D eigenvalue weighted by Gasteiger charge is 2.73. The molecule has 9 heteroatoms. The zero-order valence-electron chi connectivity index (χ0n) is 10.1. The summed E-state index contributed by atoms with van der Waals surface area (Å²) >= 11 is 0. The van der Waals surface area contributed by atoms with Crippen LogP contribution in [0.3, 0.4) is 0 Å². The molecule has 0 aliphatic rings. The van der Waals surface area contributed by atoms with Gasteiger partial charge in [0, 0.05) is 11.6 Å². The molecule has 0 heterocycles. The molecule has 0 bridgehead atoms. The van der Waals surface area contributed by atoms with Gasteiger partial charge in [-0.15, -0.1) is 0 Å². The molecule has 112 valence electrons. The first kappa shape index (κ1) is 17.7. The van der Waals surface area contributed by atoms with Gasteiger partial charge in [-0.2, -0.15) is 30.7 Å². The molecule has 19 heavy (non-hydrogen) atoms. The van der Waals surface area contributed by atoms with Crippen LogP contribution in [0.15, 0.2) is 11.6 Å². The van der Waals surface area contributed by atoms with Crippen LogP contribution in [0.1, 0.15) is 20.8 Å². The van der Waals surface area contributed by atoms with Crippen LogP contribution in [0.5, 0.6) is 0 Å². The molecular weight excluding hydrogens is 285 g/mol. The van der Waals surface area contributed by atoms with E-state index in [4.69, 9.17) is 0 Å². The van der Waals surface area contributed by atoms with Gasteiger partial charge >= 0.3 is 24.0 Å². The maximum atomic E-state index is 13.0. The average Bonchev–Trinajstić information content (AvgIpc) is 2.13. The van der Waals surface area contributed by atoms with Gasteiger partial charge in [0.2, 0.25) is 0 Å². The highest BCUT2D eigenvalue weighted by atomic mass is 19.4. The lowest BCUT2D eigenvalue weighted by Crippen LogP contribution is -2.52. The summed E-state index contributed by atoms with van der Waals surface area (Å²) in [6.45, 7) is 2.99. The highest BCUT2D eigenvalue weighted by molar-refractivity contribution is 5.83. The molecule has 0 saturated heterocycles. The Morgan fingerprint density at radius 1 is 1.05 bits per heavy atom. The second-order valence-electron chi connectivity index (χ2n) is 3.96. The molecule has 0 radical (unpaired) electrons. The first-order chi connectivity index (χ1) is 8.23. The van der Waals surface area contributed by atoms with E-state index < -0.39 is 35.7 Å². The van der Waals surface area contributed by atoms with Crippen molar-refractivity contribution in [2.45, 2.75) is 44.9 Å². The molecule has 0 fully saturated rings. The minimum absolute atomic E-state index is 0.0837. The number of halogens is 7. The van der Waals surface area contributed by atoms with Gasteiger partial charge in [-0.1, -0.05) is 0 Å². The van der Waals surface area contributed by atoms with Crippen molar-refractivity contribution in [3.8, 4) is 0 Å². The first-order valence-electron chi connectivity index (χ1n) is 4.95. The molecule has 0 N–H and O–H groups in total. The predicted octanol–water partition coefficient (Wildman–Crippen LogP) is 3.72. The highest BCUT2D eigenvalue weighted by Crippen LogP contribution is 2.49. The Hall–Kier alpha value is -1.28. The summed E-state index contributed by atoms with van der Waals surface area (Å²) < 4.78 is 91.2. The summed E-state index contributed by atoms with van der Waals surface area (Å²) in [5.41, 5.74) is -1.74. The Bertz CT molecular complexity index is 369. The van der Waals surface area contributed by atoms with Gasteiger partial charge in [-0.05, 0) is 20.8 Å². The number of carbonyl (C=O) groups excluding carboxylic acids is 1. The van der Waals surface area contributed by atoms with Crippen LogP contribution >= 0.6 is 0 Å². The average molecular weight is 296 g/mol. The fourth-order valence-electron chi connectivity index (χ4n) is 0.959. The molecular formula is C10H11F7O2. The zero-order valence-corrected chi connectivity index (χ0v) is 10.1. The number of hydrogen-bond donors (Lipinski definition) is 0. The lowest BCUT2D eigenvalue weighted by molar-refractivity contribution is -0.344. The largest absolute Gasteiger partial charge is 0.460 e. The number of carbonyl (C=O) groups is 1. The van der Waals surface area contributed by atoms with Gasteiger partial charge in [0.1, 0.15) is 0 Å². The van der Waals surface area contributed by atoms with E-state index in [1.165, 1.54) is 13.8 Å². The van der Waals surface area contributed by atoms with Crippen molar-refractivity contribution < 1.29 is 40.3 Å². The van der Waals surface area contributed by atoms with E-state index in [-0.39, 0.29) is 6.08 Å². The Kier molecular flexibility index (Phi) is 5.01. The van der Waals surface area contributed by atoms with Gasteiger partial charge in [0.05, 0.1) is 6.10 Å². The Balaban J connectivity index is 5.32. The lowest BCUT2D eigenvalue weighted by atomic mass is 10.0. The number of esters is 1. The van der Waals surface area contributed by atoms with Crippen LogP contribution in [-0.4, -0.2) is 30.1 Å². The molecule has 0 saturated carbocycles. The molecule has 0 aliphatic heterocycles. The van der Waals surface area contributed by atoms with Gasteiger partial charge in [-0.25, -0.2) is 4.79 Å². The molecule has 0 aromatic rings. The second kappa shape index (κ2) is 5.38. The van der Waals surface area contributed by atoms with E-state index in [2.05, 4.69) is 4.74 Å². The lowest BCUT2D eigenvalue weighted by Gasteiger charge is -2.28. The Labute approximate surface area is 104 Å². The summed E-state index contributed by atoms with van der Waals surface area (Å²) in [5.74, 6) is -13.2. The van der Waals surface area contributed by atoms with E-state index in [1.54, 1.807) is 0 Å². The Morgan fingerprint density at radius 2 is 1.47 bits per heavy atom. The summed E-state index contributed by atoms with van der Waals surface area (Å²) in [6.07, 6.45) is -7.25. The molecule has 0 amide bonds. The Morgan fingerprint density at radius 3 is 1.79 bits per heavy atom. The van der Waals surface area contributed by atoms with Gasteiger partial charge in [0.15, 0.2) is 0 Å². The minimum atomic E-state index is -6.44. The molecule has 0 unspecified atom stereocenters. The molecule has 0 rings (SSSR count). The molecule has 0 spiro atoms. The van der Waals surface area contributed by atoms with Crippen LogP contribution in [0.4, 0.5) is 30.7 Å². The van der Waals surface area contributed by atoms with Crippen molar-refractivity contribution >= 4 is 5.97 Å². The standard InChI is InChI=1S/C10H11F7O2/c1-5(2)19-7(18)4-6(3)8(11,12)9(13,14)10(15,16)17/h4-5H,1-3H3/b6-4+. The minimum Gasteiger partial charge on any atom is -0.460 e. The smallest absolute Gasteiger partial charge is 0.460 e. The van der Waals surface area contributed by atoms with Crippen LogP contribution < -0.4 is 0 Å². The summed E-state index contributed by atoms with van der Waals surface area (Å²) in [7, 11) is 0. The van der Waals surface area contributed by atoms with Gasteiger partial charge in [0.25, 0.3) is 0 Å². The molecule has 0 aromatic heterocycles. The van der Waals surface area contributed by atoms with Crippen LogP contribution in [0.25, 0.3) is 0 Å². The zero-order chi connectivity index (χ0) is 15.6. The van der Waals surface area contributed by atoms with Crippen LogP contribution in [-0.2, 0) is 9.53 Å². The van der Waals surface area contributed by atoms with Crippen molar-refractivity contribution in [1.82, 2.24) is 0 Å². The molecule has 2 nitrogen and oxygen atoms in total. The van der Waals surface area contributed by atoms with Crippen molar-refractivity contribution in [2.75, 3.05) is 0 Å². The third kappa shape index (κ3) is 3.84. The number of rotatable bonds is 4. The van der Waals surface area contributed by atoms with E-state index in [9.17, 15) is 35.5 Å². The van der Waals surface area contributed by atoms with Crippen LogP contribution in [0, 0.1) is 0 Å². The van der Waals surface area contributed by atoms with E-state index in [1.807, 2.05) is 0 Å². The van der Waals surface area contributed by atoms with E-state index in [0.717, 1.165) is 0 Å². The number of alkyl halides is 7. The van der Waals surface area contributed by atoms with Gasteiger partial charge < -0.3 is 4.74 Å². The number of ether oxygens (including phenoxy) is 1. The fourth-order valence-corrected chi connectivity index (χ4v) is 0.959. The first-order valence-corrected chi connectivity index (χ1v) is 4.95. The molecule has 0 aromatic carbocycles. The molecule has 0 aliphatic carbocycles. The van der Waals surface area contributed by atoms with Crippen LogP contribution in [0.2, 0.25) is 0 Å². The van der Waals surface area contributed by atoms with Crippen molar-refractivity contribution in [3.63, 3.8) is 0 Å². The topological polar surface area (TPSA) is 26.3 Å². The second-order valence-corrected chi connectivity index (χ2v) is 3.96. The van der Waals surface area contributed by atoms with Crippen molar-refractivity contribution in [2.24, 2.45) is 0 Å². The van der Waals surface area contributed by atoms with Crippen molar-refractivity contribution in [3.05, 3.63) is 11.6 Å². The summed E-state index contributed by atoms with van der Waals surface area (Å²) in [4.78, 5) is 10.9. The maximum absolute atomic E-state index is 13.0. The quantitative estimate of drug-likeness (QED) is 0.449. The number of allylic oxidation sites excluding steroid dienone is 1. The fraction of sp³-hybridized carbons (Fsp3) is 0.700. The summed E-state index contributed by atoms with van der Waals surface area (Å²) in [6, 6.07) is 0. The van der Waals surface area contributed by atoms with E-state index >= 15 is 0 Å². The third-order valence-corrected chi connectivity index (χ3v) is 1.93. The molecule has 0 atom stereocenters. The maximum Gasteiger partial charge on any atom is 0.460 e. The third-order valence-electron chi connectivity index (χ3n) is 1.93. The van der Waals surface area contributed by atoms with Gasteiger partial charge in [-0.3, -0.25) is 0 Å². The van der Waals surface area contributed by atoms with E-state index in [0.29, 0.717) is 6.92 Å². The normalized spacial score (nSPS) is 14.8. The predicted molar refractivity (Wildman–Crippen MR) is 50.9 cm³/mol. The monoisotopic (exact) mass is 296 g/mol.